The average Bonchev–Trinajstić information content (AvgIpc) is 3.04. The minimum atomic E-state index is -0.632. The highest BCUT2D eigenvalue weighted by molar-refractivity contribution is 5.92. The van der Waals surface area contributed by atoms with Crippen LogP contribution in [0.15, 0.2) is 0 Å². The highest BCUT2D eigenvalue weighted by Crippen LogP contribution is 2.65. The van der Waals surface area contributed by atoms with Gasteiger partial charge in [-0.25, -0.2) is 4.79 Å². The van der Waals surface area contributed by atoms with Crippen molar-refractivity contribution < 1.29 is 23.9 Å². The molecule has 0 aromatic carbocycles. The first kappa shape index (κ1) is 20.1. The summed E-state index contributed by atoms with van der Waals surface area (Å²) >= 11 is 0. The van der Waals surface area contributed by atoms with E-state index in [0.717, 1.165) is 6.42 Å². The summed E-state index contributed by atoms with van der Waals surface area (Å²) in [6.45, 7) is 9.92. The third-order valence-electron chi connectivity index (χ3n) is 6.68. The van der Waals surface area contributed by atoms with Crippen molar-refractivity contribution in [2.45, 2.75) is 52.6 Å². The molecule has 0 radical (unpaired) electrons. The lowest BCUT2D eigenvalue weighted by Crippen LogP contribution is -2.55. The Kier molecular flexibility index (Phi) is 5.52. The molecule has 5 atom stereocenters. The minimum Gasteiger partial charge on any atom is -0.467 e. The van der Waals surface area contributed by atoms with E-state index in [4.69, 9.17) is 9.47 Å². The normalized spacial score (nSPS) is 32.1. The van der Waals surface area contributed by atoms with Crippen LogP contribution >= 0.6 is 0 Å². The predicted molar refractivity (Wildman–Crippen MR) is 98.6 cm³/mol. The van der Waals surface area contributed by atoms with Crippen molar-refractivity contribution in [3.63, 3.8) is 0 Å². The van der Waals surface area contributed by atoms with E-state index >= 15 is 0 Å². The summed E-state index contributed by atoms with van der Waals surface area (Å²) in [5, 5.41) is 2.91. The molecule has 3 fully saturated rings. The summed E-state index contributed by atoms with van der Waals surface area (Å²) in [6.07, 6.45) is 1.25. The summed E-state index contributed by atoms with van der Waals surface area (Å²) in [5.41, 5.74) is 0.0503. The average molecular weight is 380 g/mol. The molecule has 0 spiro atoms. The molecule has 2 amide bonds. The standard InChI is InChI=1S/C20H32N2O5/c1-11(2)16(21-14(23)8-12-6-7-27-10-12)18(24)22-9-13-15(20(13,3)4)17(22)19(25)26-5/h11-13,15-17H,6-10H2,1-5H3,(H,21,23)/t12?,13-,15-,16-,17-/m0/s1. The van der Waals surface area contributed by atoms with Gasteiger partial charge in [0.1, 0.15) is 12.1 Å². The molecule has 2 heterocycles. The van der Waals surface area contributed by atoms with E-state index in [9.17, 15) is 14.4 Å². The third-order valence-corrected chi connectivity index (χ3v) is 6.68. The number of carbonyl (C=O) groups excluding carboxylic acids is 3. The summed E-state index contributed by atoms with van der Waals surface area (Å²) in [6, 6.07) is -1.18. The van der Waals surface area contributed by atoms with Gasteiger partial charge in [-0.1, -0.05) is 27.7 Å². The molecule has 1 saturated carbocycles. The van der Waals surface area contributed by atoms with Crippen LogP contribution in [-0.2, 0) is 23.9 Å². The van der Waals surface area contributed by atoms with Crippen molar-refractivity contribution in [2.24, 2.45) is 29.1 Å². The van der Waals surface area contributed by atoms with Gasteiger partial charge in [-0.15, -0.1) is 0 Å². The van der Waals surface area contributed by atoms with Crippen molar-refractivity contribution in [2.75, 3.05) is 26.9 Å². The van der Waals surface area contributed by atoms with E-state index < -0.39 is 12.1 Å². The van der Waals surface area contributed by atoms with Crippen molar-refractivity contribution >= 4 is 17.8 Å². The number of nitrogens with zero attached hydrogens (tertiary/aromatic N) is 1. The number of hydrogen-bond donors (Lipinski definition) is 1. The maximum atomic E-state index is 13.2. The number of hydrogen-bond acceptors (Lipinski definition) is 5. The molecule has 0 bridgehead atoms. The van der Waals surface area contributed by atoms with E-state index in [1.807, 2.05) is 13.8 Å². The molecular formula is C20H32N2O5. The molecule has 2 saturated heterocycles. The molecule has 3 rings (SSSR count). The Morgan fingerprint density at radius 1 is 1.30 bits per heavy atom. The molecule has 2 aliphatic heterocycles. The van der Waals surface area contributed by atoms with Gasteiger partial charge in [0.2, 0.25) is 11.8 Å². The highest BCUT2D eigenvalue weighted by atomic mass is 16.5. The van der Waals surface area contributed by atoms with Gasteiger partial charge in [0, 0.05) is 32.1 Å². The van der Waals surface area contributed by atoms with E-state index in [0.29, 0.717) is 32.1 Å². The lowest BCUT2D eigenvalue weighted by Gasteiger charge is -2.33. The van der Waals surface area contributed by atoms with Gasteiger partial charge in [-0.05, 0) is 29.6 Å². The summed E-state index contributed by atoms with van der Waals surface area (Å²) in [5.74, 6) is -0.0761. The van der Waals surface area contributed by atoms with E-state index in [1.165, 1.54) is 7.11 Å². The largest absolute Gasteiger partial charge is 0.467 e. The highest BCUT2D eigenvalue weighted by Gasteiger charge is 2.70. The SMILES string of the molecule is COC(=O)[C@@H]1[C@@H]2[C@H](CN1C(=O)[C@@H](NC(=O)CC1CCOC1)C(C)C)C2(C)C. The number of ether oxygens (including phenoxy) is 2. The van der Waals surface area contributed by atoms with Crippen LogP contribution in [0.2, 0.25) is 0 Å². The van der Waals surface area contributed by atoms with Crippen molar-refractivity contribution in [3.05, 3.63) is 0 Å². The van der Waals surface area contributed by atoms with Crippen LogP contribution < -0.4 is 5.32 Å². The number of methoxy groups -OCH3 is 1. The van der Waals surface area contributed by atoms with Gasteiger partial charge in [0.25, 0.3) is 0 Å². The van der Waals surface area contributed by atoms with Crippen LogP contribution in [0.4, 0.5) is 0 Å². The maximum absolute atomic E-state index is 13.2. The van der Waals surface area contributed by atoms with E-state index in [-0.39, 0.29) is 41.0 Å². The fraction of sp³-hybridized carbons (Fsp3) is 0.850. The van der Waals surface area contributed by atoms with Crippen LogP contribution in [0.3, 0.4) is 0 Å². The van der Waals surface area contributed by atoms with Crippen LogP contribution in [0.1, 0.15) is 40.5 Å². The third kappa shape index (κ3) is 3.71. The van der Waals surface area contributed by atoms with Gasteiger partial charge in [-0.3, -0.25) is 9.59 Å². The Balaban J connectivity index is 1.69. The number of piperidine rings is 1. The number of carbonyl (C=O) groups is 3. The molecule has 1 unspecified atom stereocenters. The quantitative estimate of drug-likeness (QED) is 0.700. The molecule has 7 heteroatoms. The predicted octanol–water partition coefficient (Wildman–Crippen LogP) is 1.21. The second-order valence-electron chi connectivity index (χ2n) is 9.14. The molecule has 3 aliphatic rings. The Bertz CT molecular complexity index is 611. The fourth-order valence-electron chi connectivity index (χ4n) is 4.83. The van der Waals surface area contributed by atoms with Crippen molar-refractivity contribution in [1.82, 2.24) is 10.2 Å². The molecule has 0 aromatic rings. The van der Waals surface area contributed by atoms with Crippen molar-refractivity contribution in [1.29, 1.82) is 0 Å². The summed E-state index contributed by atoms with van der Waals surface area (Å²) < 4.78 is 10.3. The lowest BCUT2D eigenvalue weighted by molar-refractivity contribution is -0.154. The molecule has 27 heavy (non-hydrogen) atoms. The van der Waals surface area contributed by atoms with E-state index in [1.54, 1.807) is 4.90 Å². The Morgan fingerprint density at radius 3 is 2.56 bits per heavy atom. The fourth-order valence-corrected chi connectivity index (χ4v) is 4.83. The van der Waals surface area contributed by atoms with Crippen LogP contribution in [0.25, 0.3) is 0 Å². The number of likely N-dealkylation sites (tertiary alicyclic amines) is 1. The monoisotopic (exact) mass is 380 g/mol. The smallest absolute Gasteiger partial charge is 0.328 e. The number of amides is 2. The van der Waals surface area contributed by atoms with Crippen molar-refractivity contribution in [3.8, 4) is 0 Å². The number of nitrogens with one attached hydrogen (secondary N) is 1. The number of fused-ring (bicyclic) bond motifs is 1. The molecule has 0 aromatic heterocycles. The minimum absolute atomic E-state index is 0.0503. The maximum Gasteiger partial charge on any atom is 0.328 e. The van der Waals surface area contributed by atoms with E-state index in [2.05, 4.69) is 19.2 Å². The molecule has 152 valence electrons. The van der Waals surface area contributed by atoms with Gasteiger partial charge < -0.3 is 19.7 Å². The lowest BCUT2D eigenvalue weighted by atomic mass is 9.97. The van der Waals surface area contributed by atoms with Gasteiger partial charge in [-0.2, -0.15) is 0 Å². The Hall–Kier alpha value is -1.63. The zero-order chi connectivity index (χ0) is 19.9. The van der Waals surface area contributed by atoms with Gasteiger partial charge in [0.05, 0.1) is 7.11 Å². The molecule has 1 aliphatic carbocycles. The second kappa shape index (κ2) is 7.41. The first-order chi connectivity index (χ1) is 12.7. The number of rotatable bonds is 6. The van der Waals surface area contributed by atoms with Crippen LogP contribution in [0, 0.1) is 29.1 Å². The Labute approximate surface area is 161 Å². The zero-order valence-corrected chi connectivity index (χ0v) is 17.0. The van der Waals surface area contributed by atoms with Gasteiger partial charge >= 0.3 is 5.97 Å². The Morgan fingerprint density at radius 2 is 2.00 bits per heavy atom. The van der Waals surface area contributed by atoms with Gasteiger partial charge in [0.15, 0.2) is 0 Å². The van der Waals surface area contributed by atoms with Crippen LogP contribution in [-0.4, -0.2) is 61.6 Å². The second-order valence-corrected chi connectivity index (χ2v) is 9.14. The first-order valence-electron chi connectivity index (χ1n) is 9.93. The molecular weight excluding hydrogens is 348 g/mol. The number of esters is 1. The summed E-state index contributed by atoms with van der Waals surface area (Å²) in [7, 11) is 1.36. The molecule has 1 N–H and O–H groups in total. The first-order valence-corrected chi connectivity index (χ1v) is 9.93. The van der Waals surface area contributed by atoms with Crippen LogP contribution in [0.5, 0.6) is 0 Å². The molecule has 7 nitrogen and oxygen atoms in total. The summed E-state index contributed by atoms with van der Waals surface area (Å²) in [4.78, 5) is 39.7. The zero-order valence-electron chi connectivity index (χ0n) is 17.0. The topological polar surface area (TPSA) is 84.9 Å².